The maximum Gasteiger partial charge on any atom is 0.185 e. The second-order valence-corrected chi connectivity index (χ2v) is 6.11. The number of carbonyl (C=O) groups is 1. The van der Waals surface area contributed by atoms with E-state index in [1.807, 2.05) is 35.7 Å². The molecular formula is C16H18N2OS. The Hall–Kier alpha value is -1.68. The third-order valence-electron chi connectivity index (χ3n) is 3.78. The first-order chi connectivity index (χ1) is 9.74. The van der Waals surface area contributed by atoms with Gasteiger partial charge in [-0.05, 0) is 19.8 Å². The number of ketones is 1. The van der Waals surface area contributed by atoms with Crippen molar-refractivity contribution >= 4 is 22.3 Å². The number of carbonyl (C=O) groups excluding carboxylic acids is 1. The van der Waals surface area contributed by atoms with E-state index in [9.17, 15) is 4.79 Å². The summed E-state index contributed by atoms with van der Waals surface area (Å²) in [6.45, 7) is 3.32. The van der Waals surface area contributed by atoms with E-state index in [0.717, 1.165) is 22.9 Å². The largest absolute Gasteiger partial charge is 0.345 e. The molecule has 0 radical (unpaired) electrons. The van der Waals surface area contributed by atoms with Crippen LogP contribution in [0.1, 0.15) is 35.8 Å². The first-order valence-corrected chi connectivity index (χ1v) is 7.91. The molecule has 3 rings (SSSR count). The first kappa shape index (κ1) is 13.3. The molecule has 20 heavy (non-hydrogen) atoms. The fourth-order valence-electron chi connectivity index (χ4n) is 2.62. The van der Waals surface area contributed by atoms with Crippen molar-refractivity contribution in [3.63, 3.8) is 0 Å². The zero-order valence-corrected chi connectivity index (χ0v) is 12.4. The van der Waals surface area contributed by atoms with Gasteiger partial charge in [-0.3, -0.25) is 4.79 Å². The van der Waals surface area contributed by atoms with Crippen LogP contribution in [-0.4, -0.2) is 23.4 Å². The van der Waals surface area contributed by atoms with Gasteiger partial charge in [0.1, 0.15) is 0 Å². The molecule has 0 aliphatic carbocycles. The molecular weight excluding hydrogens is 268 g/mol. The van der Waals surface area contributed by atoms with E-state index in [-0.39, 0.29) is 5.78 Å². The van der Waals surface area contributed by atoms with Crippen molar-refractivity contribution in [3.8, 4) is 0 Å². The SMILES string of the molecule is CC1CCCN1c1nc(CC(=O)c2ccccc2)cs1. The van der Waals surface area contributed by atoms with E-state index < -0.39 is 0 Å². The molecule has 1 aliphatic heterocycles. The average molecular weight is 286 g/mol. The monoisotopic (exact) mass is 286 g/mol. The number of aromatic nitrogens is 1. The van der Waals surface area contributed by atoms with Crippen LogP contribution in [0.15, 0.2) is 35.7 Å². The van der Waals surface area contributed by atoms with Crippen molar-refractivity contribution < 1.29 is 4.79 Å². The normalized spacial score (nSPS) is 18.4. The minimum absolute atomic E-state index is 0.136. The number of anilines is 1. The summed E-state index contributed by atoms with van der Waals surface area (Å²) < 4.78 is 0. The van der Waals surface area contributed by atoms with Gasteiger partial charge in [-0.1, -0.05) is 30.3 Å². The molecule has 0 spiro atoms. The smallest absolute Gasteiger partial charge is 0.185 e. The number of benzene rings is 1. The molecule has 4 heteroatoms. The summed E-state index contributed by atoms with van der Waals surface area (Å²) in [6.07, 6.45) is 2.86. The summed E-state index contributed by atoms with van der Waals surface area (Å²) in [7, 11) is 0. The average Bonchev–Trinajstić information content (AvgIpc) is 3.08. The number of hydrogen-bond acceptors (Lipinski definition) is 4. The molecule has 104 valence electrons. The van der Waals surface area contributed by atoms with E-state index in [0.29, 0.717) is 12.5 Å². The van der Waals surface area contributed by atoms with Gasteiger partial charge in [0.25, 0.3) is 0 Å². The van der Waals surface area contributed by atoms with Gasteiger partial charge < -0.3 is 4.90 Å². The quantitative estimate of drug-likeness (QED) is 0.806. The number of thiazole rings is 1. The maximum atomic E-state index is 12.2. The molecule has 1 aromatic carbocycles. The highest BCUT2D eigenvalue weighted by Crippen LogP contribution is 2.28. The Bertz CT molecular complexity index is 594. The van der Waals surface area contributed by atoms with Gasteiger partial charge in [0.15, 0.2) is 10.9 Å². The van der Waals surface area contributed by atoms with Crippen molar-refractivity contribution in [2.24, 2.45) is 0 Å². The molecule has 2 aromatic rings. The lowest BCUT2D eigenvalue weighted by Gasteiger charge is -2.19. The van der Waals surface area contributed by atoms with Gasteiger partial charge in [-0.2, -0.15) is 0 Å². The maximum absolute atomic E-state index is 12.2. The summed E-state index contributed by atoms with van der Waals surface area (Å²) in [5, 5.41) is 3.08. The van der Waals surface area contributed by atoms with E-state index in [1.165, 1.54) is 12.8 Å². The molecule has 0 saturated carbocycles. The molecule has 0 amide bonds. The van der Waals surface area contributed by atoms with E-state index in [2.05, 4.69) is 16.8 Å². The Balaban J connectivity index is 1.70. The van der Waals surface area contributed by atoms with Gasteiger partial charge in [-0.15, -0.1) is 11.3 Å². The molecule has 1 atom stereocenters. The molecule has 0 bridgehead atoms. The van der Waals surface area contributed by atoms with Crippen LogP contribution in [0, 0.1) is 0 Å². The lowest BCUT2D eigenvalue weighted by molar-refractivity contribution is 0.0992. The number of rotatable bonds is 4. The summed E-state index contributed by atoms with van der Waals surface area (Å²) in [5.41, 5.74) is 1.65. The lowest BCUT2D eigenvalue weighted by atomic mass is 10.1. The third kappa shape index (κ3) is 2.75. The zero-order chi connectivity index (χ0) is 13.9. The highest BCUT2D eigenvalue weighted by Gasteiger charge is 2.23. The molecule has 1 fully saturated rings. The van der Waals surface area contributed by atoms with Crippen LogP contribution in [0.25, 0.3) is 0 Å². The Morgan fingerprint density at radius 3 is 2.90 bits per heavy atom. The topological polar surface area (TPSA) is 33.2 Å². The highest BCUT2D eigenvalue weighted by atomic mass is 32.1. The predicted octanol–water partition coefficient (Wildman–Crippen LogP) is 3.56. The van der Waals surface area contributed by atoms with E-state index in [1.54, 1.807) is 11.3 Å². The Morgan fingerprint density at radius 2 is 2.20 bits per heavy atom. The van der Waals surface area contributed by atoms with Gasteiger partial charge in [0, 0.05) is 23.5 Å². The fourth-order valence-corrected chi connectivity index (χ4v) is 3.57. The summed E-state index contributed by atoms with van der Waals surface area (Å²) in [6, 6.07) is 10.00. The summed E-state index contributed by atoms with van der Waals surface area (Å²) in [5.74, 6) is 0.136. The number of Topliss-reactive ketones (excluding diaryl/α,β-unsaturated/α-hetero) is 1. The minimum Gasteiger partial charge on any atom is -0.345 e. The fraction of sp³-hybridized carbons (Fsp3) is 0.375. The van der Waals surface area contributed by atoms with Crippen LogP contribution in [0.5, 0.6) is 0 Å². The summed E-state index contributed by atoms with van der Waals surface area (Å²) in [4.78, 5) is 19.1. The second-order valence-electron chi connectivity index (χ2n) is 5.27. The van der Waals surface area contributed by atoms with Gasteiger partial charge in [-0.25, -0.2) is 4.98 Å². The molecule has 2 heterocycles. The van der Waals surface area contributed by atoms with Crippen LogP contribution in [0.4, 0.5) is 5.13 Å². The lowest BCUT2D eigenvalue weighted by Crippen LogP contribution is -2.26. The second kappa shape index (κ2) is 5.75. The van der Waals surface area contributed by atoms with Gasteiger partial charge in [0.2, 0.25) is 0 Å². The minimum atomic E-state index is 0.136. The molecule has 0 N–H and O–H groups in total. The van der Waals surface area contributed by atoms with E-state index >= 15 is 0 Å². The van der Waals surface area contributed by atoms with Crippen LogP contribution in [0.3, 0.4) is 0 Å². The number of hydrogen-bond donors (Lipinski definition) is 0. The molecule has 1 aliphatic rings. The first-order valence-electron chi connectivity index (χ1n) is 7.03. The molecule has 1 saturated heterocycles. The number of nitrogens with zero attached hydrogens (tertiary/aromatic N) is 2. The third-order valence-corrected chi connectivity index (χ3v) is 4.70. The zero-order valence-electron chi connectivity index (χ0n) is 11.6. The van der Waals surface area contributed by atoms with Crippen molar-refractivity contribution in [1.29, 1.82) is 0 Å². The van der Waals surface area contributed by atoms with Crippen LogP contribution in [-0.2, 0) is 6.42 Å². The van der Waals surface area contributed by atoms with Gasteiger partial charge in [0.05, 0.1) is 12.1 Å². The Morgan fingerprint density at radius 1 is 1.40 bits per heavy atom. The van der Waals surface area contributed by atoms with Gasteiger partial charge >= 0.3 is 0 Å². The van der Waals surface area contributed by atoms with Crippen molar-refractivity contribution in [2.45, 2.75) is 32.2 Å². The Kier molecular flexibility index (Phi) is 3.83. The standard InChI is InChI=1S/C16H18N2OS/c1-12-6-5-9-18(12)16-17-14(11-20-16)10-15(19)13-7-3-2-4-8-13/h2-4,7-8,11-12H,5-6,9-10H2,1H3. The van der Waals surface area contributed by atoms with E-state index in [4.69, 9.17) is 0 Å². The summed E-state index contributed by atoms with van der Waals surface area (Å²) >= 11 is 1.65. The van der Waals surface area contributed by atoms with Crippen molar-refractivity contribution in [2.75, 3.05) is 11.4 Å². The van der Waals surface area contributed by atoms with Crippen molar-refractivity contribution in [3.05, 3.63) is 47.0 Å². The van der Waals surface area contributed by atoms with Crippen LogP contribution < -0.4 is 4.90 Å². The van der Waals surface area contributed by atoms with Crippen molar-refractivity contribution in [1.82, 2.24) is 4.98 Å². The Labute approximate surface area is 123 Å². The molecule has 1 unspecified atom stereocenters. The molecule has 3 nitrogen and oxygen atoms in total. The molecule has 1 aromatic heterocycles. The highest BCUT2D eigenvalue weighted by molar-refractivity contribution is 7.13. The van der Waals surface area contributed by atoms with Crippen LogP contribution >= 0.6 is 11.3 Å². The predicted molar refractivity (Wildman–Crippen MR) is 82.6 cm³/mol. The van der Waals surface area contributed by atoms with Crippen LogP contribution in [0.2, 0.25) is 0 Å².